The van der Waals surface area contributed by atoms with Crippen molar-refractivity contribution >= 4 is 11.6 Å². The van der Waals surface area contributed by atoms with Crippen molar-refractivity contribution in [3.8, 4) is 0 Å². The van der Waals surface area contributed by atoms with E-state index in [9.17, 15) is 5.11 Å². The standard InChI is InChI=1S/C13H18ClNO/c1-10(15-8-2-3-9-15)13(16)11-4-6-12(14)7-5-11/h4-7,10,13,16H,2-3,8-9H2,1H3/t10-,13-/m0/s1. The minimum Gasteiger partial charge on any atom is -0.387 e. The summed E-state index contributed by atoms with van der Waals surface area (Å²) in [6.45, 7) is 4.29. The average Bonchev–Trinajstić information content (AvgIpc) is 2.81. The summed E-state index contributed by atoms with van der Waals surface area (Å²) in [6.07, 6.45) is 2.07. The fraction of sp³-hybridized carbons (Fsp3) is 0.538. The Morgan fingerprint density at radius 2 is 1.75 bits per heavy atom. The summed E-state index contributed by atoms with van der Waals surface area (Å²) in [5.41, 5.74) is 0.948. The van der Waals surface area contributed by atoms with Gasteiger partial charge in [0.1, 0.15) is 0 Å². The van der Waals surface area contributed by atoms with Crippen LogP contribution in [-0.4, -0.2) is 29.1 Å². The first-order chi connectivity index (χ1) is 7.68. The van der Waals surface area contributed by atoms with Crippen molar-refractivity contribution in [2.24, 2.45) is 0 Å². The number of benzene rings is 1. The van der Waals surface area contributed by atoms with E-state index in [1.54, 1.807) is 0 Å². The molecule has 0 aliphatic carbocycles. The lowest BCUT2D eigenvalue weighted by molar-refractivity contribution is 0.0716. The van der Waals surface area contributed by atoms with Crippen molar-refractivity contribution < 1.29 is 5.11 Å². The van der Waals surface area contributed by atoms with Gasteiger partial charge in [-0.1, -0.05) is 23.7 Å². The molecule has 1 fully saturated rings. The van der Waals surface area contributed by atoms with E-state index < -0.39 is 6.10 Å². The highest BCUT2D eigenvalue weighted by atomic mass is 35.5. The zero-order valence-corrected chi connectivity index (χ0v) is 10.3. The molecule has 1 N–H and O–H groups in total. The van der Waals surface area contributed by atoms with E-state index in [0.29, 0.717) is 5.02 Å². The van der Waals surface area contributed by atoms with Crippen molar-refractivity contribution in [3.05, 3.63) is 34.9 Å². The molecule has 88 valence electrons. The summed E-state index contributed by atoms with van der Waals surface area (Å²) in [4.78, 5) is 2.35. The van der Waals surface area contributed by atoms with Crippen LogP contribution in [0.4, 0.5) is 0 Å². The minimum atomic E-state index is -0.421. The van der Waals surface area contributed by atoms with Crippen LogP contribution in [0.1, 0.15) is 31.4 Å². The Morgan fingerprint density at radius 3 is 2.31 bits per heavy atom. The van der Waals surface area contributed by atoms with Crippen molar-refractivity contribution in [2.75, 3.05) is 13.1 Å². The molecule has 0 aromatic heterocycles. The van der Waals surface area contributed by atoms with Gasteiger partial charge in [0.2, 0.25) is 0 Å². The maximum atomic E-state index is 10.3. The zero-order valence-electron chi connectivity index (χ0n) is 9.56. The maximum absolute atomic E-state index is 10.3. The molecule has 0 bridgehead atoms. The molecule has 0 saturated carbocycles. The van der Waals surface area contributed by atoms with E-state index >= 15 is 0 Å². The molecular formula is C13H18ClNO. The molecule has 2 rings (SSSR count). The Balaban J connectivity index is 2.05. The molecule has 1 aliphatic heterocycles. The van der Waals surface area contributed by atoms with Crippen LogP contribution in [0.15, 0.2) is 24.3 Å². The van der Waals surface area contributed by atoms with Crippen LogP contribution in [0.2, 0.25) is 5.02 Å². The van der Waals surface area contributed by atoms with Crippen LogP contribution < -0.4 is 0 Å². The molecule has 1 heterocycles. The minimum absolute atomic E-state index is 0.184. The summed E-state index contributed by atoms with van der Waals surface area (Å²) in [6, 6.07) is 7.65. The predicted molar refractivity (Wildman–Crippen MR) is 66.7 cm³/mol. The van der Waals surface area contributed by atoms with Gasteiger partial charge in [0.15, 0.2) is 0 Å². The summed E-state index contributed by atoms with van der Waals surface area (Å²) < 4.78 is 0. The monoisotopic (exact) mass is 239 g/mol. The largest absolute Gasteiger partial charge is 0.387 e. The lowest BCUT2D eigenvalue weighted by atomic mass is 10.0. The van der Waals surface area contributed by atoms with E-state index in [-0.39, 0.29) is 6.04 Å². The molecule has 1 aliphatic rings. The number of halogens is 1. The predicted octanol–water partition coefficient (Wildman–Crippen LogP) is 2.86. The zero-order chi connectivity index (χ0) is 11.5. The van der Waals surface area contributed by atoms with Crippen LogP contribution in [0, 0.1) is 0 Å². The SMILES string of the molecule is C[C@@H]([C@H](O)c1ccc(Cl)cc1)N1CCCC1. The van der Waals surface area contributed by atoms with Gasteiger partial charge in [0, 0.05) is 11.1 Å². The summed E-state index contributed by atoms with van der Waals surface area (Å²) in [5, 5.41) is 11.0. The van der Waals surface area contributed by atoms with E-state index in [1.165, 1.54) is 12.8 Å². The average molecular weight is 240 g/mol. The van der Waals surface area contributed by atoms with Crippen LogP contribution in [0.25, 0.3) is 0 Å². The lowest BCUT2D eigenvalue weighted by Crippen LogP contribution is -2.35. The van der Waals surface area contributed by atoms with Crippen LogP contribution >= 0.6 is 11.6 Å². The van der Waals surface area contributed by atoms with Crippen molar-refractivity contribution in [3.63, 3.8) is 0 Å². The van der Waals surface area contributed by atoms with Gasteiger partial charge in [0.05, 0.1) is 6.10 Å². The number of nitrogens with zero attached hydrogens (tertiary/aromatic N) is 1. The molecule has 1 saturated heterocycles. The van der Waals surface area contributed by atoms with Crippen LogP contribution in [0.5, 0.6) is 0 Å². The van der Waals surface area contributed by atoms with Gasteiger partial charge in [0.25, 0.3) is 0 Å². The highest BCUT2D eigenvalue weighted by Crippen LogP contribution is 2.24. The Bertz CT molecular complexity index is 332. The first-order valence-corrected chi connectivity index (χ1v) is 6.24. The van der Waals surface area contributed by atoms with Crippen molar-refractivity contribution in [1.82, 2.24) is 4.90 Å². The Hall–Kier alpha value is -0.570. The lowest BCUT2D eigenvalue weighted by Gasteiger charge is -2.28. The Labute approximate surface area is 102 Å². The number of aliphatic hydroxyl groups excluding tert-OH is 1. The third-order valence-electron chi connectivity index (χ3n) is 3.39. The normalized spacial score (nSPS) is 20.9. The Kier molecular flexibility index (Phi) is 3.85. The molecular weight excluding hydrogens is 222 g/mol. The smallest absolute Gasteiger partial charge is 0.0942 e. The molecule has 0 amide bonds. The third kappa shape index (κ3) is 2.57. The molecule has 0 radical (unpaired) electrons. The molecule has 16 heavy (non-hydrogen) atoms. The van der Waals surface area contributed by atoms with Crippen LogP contribution in [-0.2, 0) is 0 Å². The quantitative estimate of drug-likeness (QED) is 0.877. The number of aliphatic hydroxyl groups is 1. The maximum Gasteiger partial charge on any atom is 0.0942 e. The van der Waals surface area contributed by atoms with Gasteiger partial charge in [-0.2, -0.15) is 0 Å². The van der Waals surface area contributed by atoms with Crippen molar-refractivity contribution in [1.29, 1.82) is 0 Å². The molecule has 0 unspecified atom stereocenters. The number of rotatable bonds is 3. The summed E-state index contributed by atoms with van der Waals surface area (Å²) in [5.74, 6) is 0. The molecule has 2 nitrogen and oxygen atoms in total. The van der Waals surface area contributed by atoms with Gasteiger partial charge < -0.3 is 5.11 Å². The number of hydrogen-bond acceptors (Lipinski definition) is 2. The van der Waals surface area contributed by atoms with E-state index in [2.05, 4.69) is 11.8 Å². The molecule has 1 aromatic carbocycles. The van der Waals surface area contributed by atoms with E-state index in [0.717, 1.165) is 18.7 Å². The van der Waals surface area contributed by atoms with Crippen LogP contribution in [0.3, 0.4) is 0 Å². The van der Waals surface area contributed by atoms with E-state index in [4.69, 9.17) is 11.6 Å². The third-order valence-corrected chi connectivity index (χ3v) is 3.64. The van der Waals surface area contributed by atoms with E-state index in [1.807, 2.05) is 24.3 Å². The molecule has 1 aromatic rings. The Morgan fingerprint density at radius 1 is 1.19 bits per heavy atom. The fourth-order valence-corrected chi connectivity index (χ4v) is 2.41. The molecule has 3 heteroatoms. The van der Waals surface area contributed by atoms with Gasteiger partial charge in [-0.05, 0) is 50.6 Å². The topological polar surface area (TPSA) is 23.5 Å². The van der Waals surface area contributed by atoms with Gasteiger partial charge in [-0.25, -0.2) is 0 Å². The van der Waals surface area contributed by atoms with Crippen molar-refractivity contribution in [2.45, 2.75) is 31.9 Å². The molecule has 2 atom stereocenters. The number of hydrogen-bond donors (Lipinski definition) is 1. The first-order valence-electron chi connectivity index (χ1n) is 5.86. The summed E-state index contributed by atoms with van der Waals surface area (Å²) >= 11 is 5.83. The second-order valence-electron chi connectivity index (χ2n) is 4.48. The fourth-order valence-electron chi connectivity index (χ4n) is 2.29. The molecule has 0 spiro atoms. The second-order valence-corrected chi connectivity index (χ2v) is 4.92. The second kappa shape index (κ2) is 5.17. The highest BCUT2D eigenvalue weighted by molar-refractivity contribution is 6.30. The van der Waals surface area contributed by atoms with Gasteiger partial charge in [-0.15, -0.1) is 0 Å². The van der Waals surface area contributed by atoms with Gasteiger partial charge in [-0.3, -0.25) is 4.90 Å². The first kappa shape index (κ1) is 11.9. The summed E-state index contributed by atoms with van der Waals surface area (Å²) in [7, 11) is 0. The highest BCUT2D eigenvalue weighted by Gasteiger charge is 2.25. The van der Waals surface area contributed by atoms with Gasteiger partial charge >= 0.3 is 0 Å². The number of likely N-dealkylation sites (tertiary alicyclic amines) is 1.